The zero-order valence-corrected chi connectivity index (χ0v) is 8.10. The maximum Gasteiger partial charge on any atom is 0.208 e. The van der Waals surface area contributed by atoms with Crippen molar-refractivity contribution in [2.24, 2.45) is 16.6 Å². The van der Waals surface area contributed by atoms with Gasteiger partial charge in [-0.05, 0) is 18.2 Å². The largest absolute Gasteiger partial charge is 0.369 e. The summed E-state index contributed by atoms with van der Waals surface area (Å²) >= 11 is 11.4. The van der Waals surface area contributed by atoms with Crippen LogP contribution in [-0.4, -0.2) is 5.96 Å². The number of rotatable bonds is 2. The number of nitrogens with two attached hydrogens (primary N) is 2. The Morgan fingerprint density at radius 1 is 1.23 bits per heavy atom. The second kappa shape index (κ2) is 4.20. The van der Waals surface area contributed by atoms with Crippen LogP contribution in [0.1, 0.15) is 0 Å². The van der Waals surface area contributed by atoms with Gasteiger partial charge in [0.1, 0.15) is 0 Å². The Bertz CT molecular complexity index is 333. The molecule has 0 radical (unpaired) electrons. The smallest absolute Gasteiger partial charge is 0.208 e. The number of anilines is 1. The first kappa shape index (κ1) is 9.95. The van der Waals surface area contributed by atoms with Crippen LogP contribution in [0, 0.1) is 0 Å². The summed E-state index contributed by atoms with van der Waals surface area (Å²) < 4.78 is 0. The quantitative estimate of drug-likeness (QED) is 0.401. The molecule has 0 aliphatic carbocycles. The molecule has 0 aliphatic rings. The molecular formula is C7H8Cl2N4. The van der Waals surface area contributed by atoms with E-state index in [0.29, 0.717) is 15.7 Å². The zero-order chi connectivity index (χ0) is 9.84. The first-order valence-corrected chi connectivity index (χ1v) is 4.15. The molecular weight excluding hydrogens is 211 g/mol. The lowest BCUT2D eigenvalue weighted by Gasteiger charge is -2.01. The van der Waals surface area contributed by atoms with Crippen molar-refractivity contribution in [3.8, 4) is 0 Å². The molecule has 5 N–H and O–H groups in total. The fraction of sp³-hybridized carbons (Fsp3) is 0. The highest BCUT2D eigenvalue weighted by Gasteiger charge is 1.97. The van der Waals surface area contributed by atoms with Crippen LogP contribution in [0.25, 0.3) is 0 Å². The first-order valence-electron chi connectivity index (χ1n) is 3.39. The minimum absolute atomic E-state index is 0.0499. The third-order valence-corrected chi connectivity index (χ3v) is 1.97. The SMILES string of the molecule is NC(N)=NNc1ccc(Cl)c(Cl)c1. The molecule has 0 amide bonds. The van der Waals surface area contributed by atoms with Gasteiger partial charge in [-0.25, -0.2) is 0 Å². The summed E-state index contributed by atoms with van der Waals surface area (Å²) in [6.07, 6.45) is 0. The van der Waals surface area contributed by atoms with Gasteiger partial charge in [0.15, 0.2) is 0 Å². The molecule has 0 spiro atoms. The number of hydrazone groups is 1. The number of hydrogen-bond donors (Lipinski definition) is 3. The highest BCUT2D eigenvalue weighted by molar-refractivity contribution is 6.42. The molecule has 0 unspecified atom stereocenters. The Morgan fingerprint density at radius 3 is 2.46 bits per heavy atom. The number of nitrogens with zero attached hydrogens (tertiary/aromatic N) is 1. The Balaban J connectivity index is 2.80. The fourth-order valence-electron chi connectivity index (χ4n) is 0.695. The van der Waals surface area contributed by atoms with Crippen molar-refractivity contribution >= 4 is 34.8 Å². The normalized spacial score (nSPS) is 9.38. The van der Waals surface area contributed by atoms with Gasteiger partial charge < -0.3 is 11.5 Å². The first-order chi connectivity index (χ1) is 6.09. The predicted octanol–water partition coefficient (Wildman–Crippen LogP) is 1.59. The molecule has 0 aromatic heterocycles. The van der Waals surface area contributed by atoms with Crippen LogP contribution < -0.4 is 16.9 Å². The highest BCUT2D eigenvalue weighted by atomic mass is 35.5. The lowest BCUT2D eigenvalue weighted by atomic mass is 10.3. The molecule has 0 atom stereocenters. The molecule has 0 heterocycles. The third kappa shape index (κ3) is 3.01. The molecule has 6 heteroatoms. The van der Waals surface area contributed by atoms with Crippen molar-refractivity contribution in [1.82, 2.24) is 0 Å². The molecule has 70 valence electrons. The van der Waals surface area contributed by atoms with Crippen LogP contribution in [0.5, 0.6) is 0 Å². The van der Waals surface area contributed by atoms with Crippen LogP contribution in [-0.2, 0) is 0 Å². The van der Waals surface area contributed by atoms with E-state index < -0.39 is 0 Å². The lowest BCUT2D eigenvalue weighted by molar-refractivity contribution is 1.29. The predicted molar refractivity (Wildman–Crippen MR) is 55.9 cm³/mol. The van der Waals surface area contributed by atoms with Crippen molar-refractivity contribution in [3.63, 3.8) is 0 Å². The van der Waals surface area contributed by atoms with Gasteiger partial charge in [0.2, 0.25) is 5.96 Å². The second-order valence-electron chi connectivity index (χ2n) is 2.28. The van der Waals surface area contributed by atoms with Gasteiger partial charge in [-0.3, -0.25) is 5.43 Å². The van der Waals surface area contributed by atoms with Crippen molar-refractivity contribution in [3.05, 3.63) is 28.2 Å². The summed E-state index contributed by atoms with van der Waals surface area (Å²) in [5.41, 5.74) is 13.5. The Hall–Kier alpha value is -1.13. The molecule has 4 nitrogen and oxygen atoms in total. The molecule has 0 fully saturated rings. The lowest BCUT2D eigenvalue weighted by Crippen LogP contribution is -2.23. The van der Waals surface area contributed by atoms with Crippen molar-refractivity contribution in [1.29, 1.82) is 0 Å². The second-order valence-corrected chi connectivity index (χ2v) is 3.09. The van der Waals surface area contributed by atoms with E-state index in [0.717, 1.165) is 0 Å². The number of halogens is 2. The summed E-state index contributed by atoms with van der Waals surface area (Å²) in [5, 5.41) is 4.51. The van der Waals surface area contributed by atoms with Crippen LogP contribution in [0.15, 0.2) is 23.3 Å². The van der Waals surface area contributed by atoms with Gasteiger partial charge in [0.25, 0.3) is 0 Å². The van der Waals surface area contributed by atoms with Crippen LogP contribution in [0.3, 0.4) is 0 Å². The summed E-state index contributed by atoms with van der Waals surface area (Å²) in [4.78, 5) is 0. The Morgan fingerprint density at radius 2 is 1.92 bits per heavy atom. The van der Waals surface area contributed by atoms with E-state index in [1.165, 1.54) is 0 Å². The van der Waals surface area contributed by atoms with E-state index in [2.05, 4.69) is 10.5 Å². The average molecular weight is 219 g/mol. The zero-order valence-electron chi connectivity index (χ0n) is 6.59. The van der Waals surface area contributed by atoms with Crippen molar-refractivity contribution < 1.29 is 0 Å². The Labute approximate surface area is 85.5 Å². The van der Waals surface area contributed by atoms with Gasteiger partial charge in [-0.2, -0.15) is 0 Å². The Kier molecular flexibility index (Phi) is 3.22. The fourth-order valence-corrected chi connectivity index (χ4v) is 0.993. The number of benzene rings is 1. The maximum absolute atomic E-state index is 5.75. The van der Waals surface area contributed by atoms with E-state index in [4.69, 9.17) is 34.7 Å². The molecule has 1 rings (SSSR count). The molecule has 0 bridgehead atoms. The minimum atomic E-state index is -0.0499. The van der Waals surface area contributed by atoms with E-state index in [1.807, 2.05) is 0 Å². The van der Waals surface area contributed by atoms with E-state index in [-0.39, 0.29) is 5.96 Å². The van der Waals surface area contributed by atoms with Gasteiger partial charge in [0, 0.05) is 0 Å². The number of nitrogens with one attached hydrogen (secondary N) is 1. The van der Waals surface area contributed by atoms with Gasteiger partial charge in [0.05, 0.1) is 15.7 Å². The number of hydrogen-bond acceptors (Lipinski definition) is 2. The van der Waals surface area contributed by atoms with E-state index in [9.17, 15) is 0 Å². The van der Waals surface area contributed by atoms with E-state index in [1.54, 1.807) is 18.2 Å². The maximum atomic E-state index is 5.75. The average Bonchev–Trinajstić information content (AvgIpc) is 2.07. The summed E-state index contributed by atoms with van der Waals surface area (Å²) in [6, 6.07) is 4.98. The van der Waals surface area contributed by atoms with Crippen LogP contribution in [0.4, 0.5) is 5.69 Å². The van der Waals surface area contributed by atoms with E-state index >= 15 is 0 Å². The molecule has 1 aromatic carbocycles. The molecule has 1 aromatic rings. The van der Waals surface area contributed by atoms with Crippen LogP contribution in [0.2, 0.25) is 10.0 Å². The monoisotopic (exact) mass is 218 g/mol. The van der Waals surface area contributed by atoms with Gasteiger partial charge >= 0.3 is 0 Å². The van der Waals surface area contributed by atoms with Crippen LogP contribution >= 0.6 is 23.2 Å². The summed E-state index contributed by atoms with van der Waals surface area (Å²) in [5.74, 6) is -0.0499. The third-order valence-electron chi connectivity index (χ3n) is 1.23. The van der Waals surface area contributed by atoms with Gasteiger partial charge in [-0.1, -0.05) is 23.2 Å². The molecule has 13 heavy (non-hydrogen) atoms. The topological polar surface area (TPSA) is 76.4 Å². The molecule has 0 aliphatic heterocycles. The highest BCUT2D eigenvalue weighted by Crippen LogP contribution is 2.24. The summed E-state index contributed by atoms with van der Waals surface area (Å²) in [6.45, 7) is 0. The number of guanidine groups is 1. The molecule has 0 saturated heterocycles. The molecule has 0 saturated carbocycles. The van der Waals surface area contributed by atoms with Gasteiger partial charge in [-0.15, -0.1) is 5.10 Å². The summed E-state index contributed by atoms with van der Waals surface area (Å²) in [7, 11) is 0. The van der Waals surface area contributed by atoms with Crippen molar-refractivity contribution in [2.45, 2.75) is 0 Å². The standard InChI is InChI=1S/C7H8Cl2N4/c8-5-2-1-4(3-6(5)9)12-13-7(10)11/h1-3,12H,(H4,10,11,13). The van der Waals surface area contributed by atoms with Crippen molar-refractivity contribution in [2.75, 3.05) is 5.43 Å². The minimum Gasteiger partial charge on any atom is -0.369 e.